The fourth-order valence-electron chi connectivity index (χ4n) is 3.16. The van der Waals surface area contributed by atoms with Crippen molar-refractivity contribution < 1.29 is 0 Å². The van der Waals surface area contributed by atoms with Crippen LogP contribution in [0.5, 0.6) is 0 Å². The standard InChI is InChI=1S/C18H27N5O/c1-4-14(2)23-18(24)22(15(3)20-23)17-8-6-16(7-9-17)21-12-5-10-19-11-13-21/h6-9,14,19H,4-5,10-13H2,1-3H3. The van der Waals surface area contributed by atoms with Gasteiger partial charge in [0.05, 0.1) is 11.7 Å². The first-order valence-electron chi connectivity index (χ1n) is 8.86. The zero-order valence-corrected chi connectivity index (χ0v) is 14.8. The molecule has 6 nitrogen and oxygen atoms in total. The summed E-state index contributed by atoms with van der Waals surface area (Å²) in [5.41, 5.74) is 2.03. The van der Waals surface area contributed by atoms with Crippen molar-refractivity contribution in [3.8, 4) is 5.69 Å². The Kier molecular flexibility index (Phi) is 5.04. The van der Waals surface area contributed by atoms with Crippen molar-refractivity contribution in [1.29, 1.82) is 0 Å². The zero-order valence-electron chi connectivity index (χ0n) is 14.8. The van der Waals surface area contributed by atoms with E-state index < -0.39 is 0 Å². The van der Waals surface area contributed by atoms with E-state index in [-0.39, 0.29) is 11.7 Å². The van der Waals surface area contributed by atoms with Gasteiger partial charge in [-0.15, -0.1) is 0 Å². The van der Waals surface area contributed by atoms with E-state index in [1.165, 1.54) is 5.69 Å². The Labute approximate surface area is 143 Å². The summed E-state index contributed by atoms with van der Waals surface area (Å²) in [7, 11) is 0. The summed E-state index contributed by atoms with van der Waals surface area (Å²) in [6.07, 6.45) is 2.04. The average molecular weight is 329 g/mol. The number of nitrogens with one attached hydrogen (secondary N) is 1. The van der Waals surface area contributed by atoms with Crippen molar-refractivity contribution in [3.63, 3.8) is 0 Å². The van der Waals surface area contributed by atoms with E-state index in [2.05, 4.69) is 34.4 Å². The van der Waals surface area contributed by atoms with Crippen LogP contribution in [-0.4, -0.2) is 40.5 Å². The first kappa shape index (κ1) is 16.8. The highest BCUT2D eigenvalue weighted by atomic mass is 16.2. The molecule has 2 aromatic rings. The molecule has 2 heterocycles. The monoisotopic (exact) mass is 329 g/mol. The summed E-state index contributed by atoms with van der Waals surface area (Å²) in [4.78, 5) is 15.1. The molecule has 0 amide bonds. The number of rotatable bonds is 4. The first-order chi connectivity index (χ1) is 11.6. The third kappa shape index (κ3) is 3.24. The number of nitrogens with zero attached hydrogens (tertiary/aromatic N) is 4. The summed E-state index contributed by atoms with van der Waals surface area (Å²) in [5, 5.41) is 7.85. The fraction of sp³-hybridized carbons (Fsp3) is 0.556. The van der Waals surface area contributed by atoms with Crippen LogP contribution in [0.2, 0.25) is 0 Å². The molecule has 0 bridgehead atoms. The Bertz CT molecular complexity index is 723. The van der Waals surface area contributed by atoms with Crippen molar-refractivity contribution in [2.45, 2.75) is 39.7 Å². The molecule has 1 aliphatic rings. The average Bonchev–Trinajstić information content (AvgIpc) is 2.79. The molecule has 1 aliphatic heterocycles. The molecule has 130 valence electrons. The van der Waals surface area contributed by atoms with Gasteiger partial charge in [-0.3, -0.25) is 0 Å². The highest BCUT2D eigenvalue weighted by Gasteiger charge is 2.16. The lowest BCUT2D eigenvalue weighted by molar-refractivity contribution is 0.459. The minimum Gasteiger partial charge on any atom is -0.370 e. The van der Waals surface area contributed by atoms with E-state index in [0.29, 0.717) is 0 Å². The second kappa shape index (κ2) is 7.21. The Hall–Kier alpha value is -2.08. The minimum absolute atomic E-state index is 0.0615. The summed E-state index contributed by atoms with van der Waals surface area (Å²) >= 11 is 0. The van der Waals surface area contributed by atoms with Gasteiger partial charge < -0.3 is 10.2 Å². The van der Waals surface area contributed by atoms with E-state index in [1.54, 1.807) is 9.25 Å². The molecule has 3 rings (SSSR count). The van der Waals surface area contributed by atoms with E-state index in [4.69, 9.17) is 0 Å². The maximum absolute atomic E-state index is 12.7. The minimum atomic E-state index is -0.0615. The number of anilines is 1. The first-order valence-corrected chi connectivity index (χ1v) is 8.86. The number of hydrogen-bond acceptors (Lipinski definition) is 4. The molecule has 1 unspecified atom stereocenters. The van der Waals surface area contributed by atoms with Gasteiger partial charge in [-0.1, -0.05) is 6.92 Å². The Morgan fingerprint density at radius 1 is 1.17 bits per heavy atom. The normalized spacial score (nSPS) is 16.9. The van der Waals surface area contributed by atoms with E-state index >= 15 is 0 Å². The molecule has 1 fully saturated rings. The topological polar surface area (TPSA) is 55.1 Å². The highest BCUT2D eigenvalue weighted by Crippen LogP contribution is 2.18. The van der Waals surface area contributed by atoms with Crippen LogP contribution in [-0.2, 0) is 0 Å². The predicted octanol–water partition coefficient (Wildman–Crippen LogP) is 2.11. The number of aromatic nitrogens is 3. The summed E-state index contributed by atoms with van der Waals surface area (Å²) < 4.78 is 3.28. The quantitative estimate of drug-likeness (QED) is 0.933. The lowest BCUT2D eigenvalue weighted by Gasteiger charge is -2.22. The largest absolute Gasteiger partial charge is 0.370 e. The third-order valence-electron chi connectivity index (χ3n) is 4.78. The van der Waals surface area contributed by atoms with Gasteiger partial charge in [-0.25, -0.2) is 14.0 Å². The van der Waals surface area contributed by atoms with Gasteiger partial charge in [0.2, 0.25) is 0 Å². The van der Waals surface area contributed by atoms with Gasteiger partial charge in [0, 0.05) is 25.3 Å². The number of benzene rings is 1. The van der Waals surface area contributed by atoms with Gasteiger partial charge >= 0.3 is 5.69 Å². The summed E-state index contributed by atoms with van der Waals surface area (Å²) in [6, 6.07) is 8.36. The second-order valence-electron chi connectivity index (χ2n) is 6.47. The second-order valence-corrected chi connectivity index (χ2v) is 6.47. The lowest BCUT2D eigenvalue weighted by Crippen LogP contribution is -2.28. The Morgan fingerprint density at radius 3 is 2.58 bits per heavy atom. The predicted molar refractivity (Wildman–Crippen MR) is 97.3 cm³/mol. The molecule has 1 aromatic carbocycles. The van der Waals surface area contributed by atoms with Crippen molar-refractivity contribution in [1.82, 2.24) is 19.7 Å². The molecule has 1 atom stereocenters. The Balaban J connectivity index is 1.88. The van der Waals surface area contributed by atoms with E-state index in [0.717, 1.165) is 50.5 Å². The molecule has 24 heavy (non-hydrogen) atoms. The molecule has 0 saturated carbocycles. The van der Waals surface area contributed by atoms with Crippen LogP contribution in [0.4, 0.5) is 5.69 Å². The molecular formula is C18H27N5O. The molecular weight excluding hydrogens is 302 g/mol. The van der Waals surface area contributed by atoms with Crippen molar-refractivity contribution in [2.75, 3.05) is 31.1 Å². The zero-order chi connectivity index (χ0) is 17.1. The Morgan fingerprint density at radius 2 is 1.88 bits per heavy atom. The SMILES string of the molecule is CCC(C)n1nc(C)n(-c2ccc(N3CCCNCC3)cc2)c1=O. The van der Waals surface area contributed by atoms with Crippen LogP contribution in [0.3, 0.4) is 0 Å². The van der Waals surface area contributed by atoms with Crippen LogP contribution >= 0.6 is 0 Å². The molecule has 6 heteroatoms. The maximum atomic E-state index is 12.7. The van der Waals surface area contributed by atoms with Crippen molar-refractivity contribution >= 4 is 5.69 Å². The van der Waals surface area contributed by atoms with Crippen LogP contribution in [0, 0.1) is 6.92 Å². The molecule has 0 aliphatic carbocycles. The highest BCUT2D eigenvalue weighted by molar-refractivity contribution is 5.51. The maximum Gasteiger partial charge on any atom is 0.350 e. The van der Waals surface area contributed by atoms with Crippen LogP contribution in [0.1, 0.15) is 38.6 Å². The smallest absolute Gasteiger partial charge is 0.350 e. The number of aryl methyl sites for hydroxylation is 1. The van der Waals surface area contributed by atoms with Gasteiger partial charge in [0.1, 0.15) is 5.82 Å². The van der Waals surface area contributed by atoms with Crippen LogP contribution in [0.25, 0.3) is 5.69 Å². The third-order valence-corrected chi connectivity index (χ3v) is 4.78. The van der Waals surface area contributed by atoms with E-state index in [1.807, 2.05) is 26.0 Å². The summed E-state index contributed by atoms with van der Waals surface area (Å²) in [6.45, 7) is 10.2. The molecule has 0 radical (unpaired) electrons. The number of hydrogen-bond donors (Lipinski definition) is 1. The fourth-order valence-corrected chi connectivity index (χ4v) is 3.16. The molecule has 1 saturated heterocycles. The van der Waals surface area contributed by atoms with Gasteiger partial charge in [0.25, 0.3) is 0 Å². The van der Waals surface area contributed by atoms with Crippen LogP contribution < -0.4 is 15.9 Å². The van der Waals surface area contributed by atoms with Crippen molar-refractivity contribution in [2.24, 2.45) is 0 Å². The molecule has 0 spiro atoms. The summed E-state index contributed by atoms with van der Waals surface area (Å²) in [5.74, 6) is 0.729. The molecule has 1 aromatic heterocycles. The lowest BCUT2D eigenvalue weighted by atomic mass is 10.2. The molecule has 1 N–H and O–H groups in total. The van der Waals surface area contributed by atoms with Crippen LogP contribution in [0.15, 0.2) is 29.1 Å². The van der Waals surface area contributed by atoms with Gasteiger partial charge in [-0.05, 0) is 57.5 Å². The van der Waals surface area contributed by atoms with Gasteiger partial charge in [-0.2, -0.15) is 5.10 Å². The van der Waals surface area contributed by atoms with Gasteiger partial charge in [0.15, 0.2) is 0 Å². The van der Waals surface area contributed by atoms with E-state index in [9.17, 15) is 4.79 Å². The van der Waals surface area contributed by atoms with Crippen molar-refractivity contribution in [3.05, 3.63) is 40.6 Å².